The van der Waals surface area contributed by atoms with Gasteiger partial charge in [-0.15, -0.1) is 0 Å². The Kier molecular flexibility index (Phi) is 6.73. The molecule has 2 saturated heterocycles. The largest absolute Gasteiger partial charge is 0.494 e. The third-order valence-electron chi connectivity index (χ3n) is 5.91. The highest BCUT2D eigenvalue weighted by molar-refractivity contribution is 6.04. The topological polar surface area (TPSA) is 79.0 Å². The summed E-state index contributed by atoms with van der Waals surface area (Å²) in [5, 5.41) is 3.25. The van der Waals surface area contributed by atoms with Crippen molar-refractivity contribution in [2.45, 2.75) is 45.2 Å². The molecule has 0 radical (unpaired) electrons. The quantitative estimate of drug-likeness (QED) is 0.449. The highest BCUT2D eigenvalue weighted by Crippen LogP contribution is 2.28. The lowest BCUT2D eigenvalue weighted by atomic mass is 10.1. The van der Waals surface area contributed by atoms with Gasteiger partial charge in [0.25, 0.3) is 5.91 Å². The van der Waals surface area contributed by atoms with Crippen molar-refractivity contribution in [2.75, 3.05) is 25.0 Å². The number of Topliss-reactive ketones (excluding diaryl/α,β-unsaturated/α-hetero) is 1. The second kappa shape index (κ2) is 9.85. The minimum absolute atomic E-state index is 0.0720. The number of carbonyl (C=O) groups is 3. The zero-order chi connectivity index (χ0) is 22.5. The van der Waals surface area contributed by atoms with Crippen molar-refractivity contribution < 1.29 is 19.1 Å². The van der Waals surface area contributed by atoms with Gasteiger partial charge < -0.3 is 15.0 Å². The first kappa shape index (κ1) is 21.9. The maximum atomic E-state index is 12.5. The van der Waals surface area contributed by atoms with Gasteiger partial charge in [-0.05, 0) is 61.2 Å². The van der Waals surface area contributed by atoms with Gasteiger partial charge in [0.05, 0.1) is 13.2 Å². The van der Waals surface area contributed by atoms with Crippen LogP contribution in [0.3, 0.4) is 0 Å². The molecule has 2 aromatic rings. The summed E-state index contributed by atoms with van der Waals surface area (Å²) in [6.45, 7) is 4.20. The van der Waals surface area contributed by atoms with Crippen LogP contribution in [0, 0.1) is 0 Å². The van der Waals surface area contributed by atoms with Crippen LogP contribution in [0.1, 0.15) is 48.5 Å². The van der Waals surface area contributed by atoms with Gasteiger partial charge in [0.1, 0.15) is 11.8 Å². The lowest BCUT2D eigenvalue weighted by Crippen LogP contribution is -2.32. The van der Waals surface area contributed by atoms with E-state index in [2.05, 4.69) is 12.2 Å². The second-order valence-corrected chi connectivity index (χ2v) is 8.23. The van der Waals surface area contributed by atoms with Crippen LogP contribution in [0.2, 0.25) is 0 Å². The van der Waals surface area contributed by atoms with Crippen molar-refractivity contribution in [1.29, 1.82) is 0 Å². The van der Waals surface area contributed by atoms with Crippen LogP contribution < -0.4 is 10.1 Å². The number of urea groups is 1. The lowest BCUT2D eigenvalue weighted by molar-refractivity contribution is -0.128. The molecule has 7 nitrogen and oxygen atoms in total. The molecule has 3 amide bonds. The molecule has 0 bridgehead atoms. The molecule has 7 heteroatoms. The van der Waals surface area contributed by atoms with E-state index < -0.39 is 0 Å². The van der Waals surface area contributed by atoms with Crippen LogP contribution >= 0.6 is 0 Å². The van der Waals surface area contributed by atoms with Crippen molar-refractivity contribution >= 4 is 23.4 Å². The van der Waals surface area contributed by atoms with E-state index in [4.69, 9.17) is 4.74 Å². The van der Waals surface area contributed by atoms with Crippen molar-refractivity contribution in [3.05, 3.63) is 59.7 Å². The molecule has 0 saturated carbocycles. The number of nitrogens with zero attached hydrogens (tertiary/aromatic N) is 2. The van der Waals surface area contributed by atoms with E-state index in [1.807, 2.05) is 36.4 Å². The van der Waals surface area contributed by atoms with Gasteiger partial charge in [0, 0.05) is 30.8 Å². The molecule has 2 heterocycles. The summed E-state index contributed by atoms with van der Waals surface area (Å²) in [5.41, 5.74) is 2.47. The Bertz CT molecular complexity index is 950. The number of nitrogens with one attached hydrogen (secondary N) is 1. The van der Waals surface area contributed by atoms with E-state index in [0.717, 1.165) is 36.3 Å². The summed E-state index contributed by atoms with van der Waals surface area (Å²) in [4.78, 5) is 40.3. The van der Waals surface area contributed by atoms with Crippen LogP contribution in [0.15, 0.2) is 48.5 Å². The molecular weight excluding hydrogens is 406 g/mol. The van der Waals surface area contributed by atoms with Crippen LogP contribution in [-0.2, 0) is 11.3 Å². The molecule has 0 spiro atoms. The minimum Gasteiger partial charge on any atom is -0.494 e. The molecule has 2 fully saturated rings. The molecule has 168 valence electrons. The molecular formula is C25H29N3O4. The molecule has 1 atom stereocenters. The van der Waals surface area contributed by atoms with Crippen LogP contribution in [0.5, 0.6) is 5.75 Å². The van der Waals surface area contributed by atoms with Gasteiger partial charge in [-0.1, -0.05) is 19.1 Å². The third-order valence-corrected chi connectivity index (χ3v) is 5.91. The van der Waals surface area contributed by atoms with Crippen LogP contribution in [0.4, 0.5) is 10.5 Å². The number of anilines is 1. The Morgan fingerprint density at radius 1 is 1.09 bits per heavy atom. The van der Waals surface area contributed by atoms with Gasteiger partial charge in [-0.25, -0.2) is 4.79 Å². The van der Waals surface area contributed by atoms with E-state index >= 15 is 0 Å². The summed E-state index contributed by atoms with van der Waals surface area (Å²) in [6.07, 6.45) is 2.99. The fourth-order valence-corrected chi connectivity index (χ4v) is 4.16. The molecule has 1 N–H and O–H groups in total. The Labute approximate surface area is 188 Å². The van der Waals surface area contributed by atoms with E-state index in [-0.39, 0.29) is 23.8 Å². The Morgan fingerprint density at radius 3 is 2.53 bits per heavy atom. The Balaban J connectivity index is 1.24. The number of ketones is 1. The standard InChI is InChI=1S/C25H29N3O4/c1-2-16-32-21-11-7-19(8-12-21)23(29)13-14-26-20-9-5-18(6-10-20)17-28-24(30)22-4-3-15-27(22)25(28)31/h5-12,22,26H,2-4,13-17H2,1H3/t22-/m0/s1. The SMILES string of the molecule is CCCOc1ccc(C(=O)CCNc2ccc(CN3C(=O)[C@@H]4CCCN4C3=O)cc2)cc1. The molecule has 0 unspecified atom stereocenters. The summed E-state index contributed by atoms with van der Waals surface area (Å²) in [5.74, 6) is 0.764. The highest BCUT2D eigenvalue weighted by Gasteiger charge is 2.47. The van der Waals surface area contributed by atoms with Crippen molar-refractivity contribution in [2.24, 2.45) is 0 Å². The number of imide groups is 1. The number of ether oxygens (including phenoxy) is 1. The second-order valence-electron chi connectivity index (χ2n) is 8.23. The maximum absolute atomic E-state index is 12.5. The average molecular weight is 436 g/mol. The van der Waals surface area contributed by atoms with Crippen LogP contribution in [-0.4, -0.2) is 53.3 Å². The number of rotatable bonds is 10. The molecule has 2 aliphatic heterocycles. The minimum atomic E-state index is -0.263. The summed E-state index contributed by atoms with van der Waals surface area (Å²) in [7, 11) is 0. The molecule has 2 aliphatic rings. The van der Waals surface area contributed by atoms with E-state index in [0.29, 0.717) is 38.2 Å². The predicted octanol–water partition coefficient (Wildman–Crippen LogP) is 4.09. The first-order valence-corrected chi connectivity index (χ1v) is 11.3. The molecule has 32 heavy (non-hydrogen) atoms. The molecule has 2 aromatic carbocycles. The summed E-state index contributed by atoms with van der Waals surface area (Å²) >= 11 is 0. The zero-order valence-corrected chi connectivity index (χ0v) is 18.4. The van der Waals surface area contributed by atoms with Gasteiger partial charge in [-0.2, -0.15) is 0 Å². The fourth-order valence-electron chi connectivity index (χ4n) is 4.16. The van der Waals surface area contributed by atoms with Gasteiger partial charge >= 0.3 is 6.03 Å². The highest BCUT2D eigenvalue weighted by atomic mass is 16.5. The lowest BCUT2D eigenvalue weighted by Gasteiger charge is -2.16. The first-order valence-electron chi connectivity index (χ1n) is 11.3. The van der Waals surface area contributed by atoms with Crippen molar-refractivity contribution in [1.82, 2.24) is 9.80 Å². The number of hydrogen-bond donors (Lipinski definition) is 1. The van der Waals surface area contributed by atoms with E-state index in [9.17, 15) is 14.4 Å². The monoisotopic (exact) mass is 435 g/mol. The predicted molar refractivity (Wildman–Crippen MR) is 122 cm³/mol. The smallest absolute Gasteiger partial charge is 0.327 e. The van der Waals surface area contributed by atoms with Crippen LogP contribution in [0.25, 0.3) is 0 Å². The summed E-state index contributed by atoms with van der Waals surface area (Å²) < 4.78 is 5.54. The Morgan fingerprint density at radius 2 is 1.84 bits per heavy atom. The fraction of sp³-hybridized carbons (Fsp3) is 0.400. The first-order chi connectivity index (χ1) is 15.6. The molecule has 4 rings (SSSR count). The number of hydrogen-bond acceptors (Lipinski definition) is 5. The zero-order valence-electron chi connectivity index (χ0n) is 18.4. The average Bonchev–Trinajstić information content (AvgIpc) is 3.38. The third kappa shape index (κ3) is 4.77. The van der Waals surface area contributed by atoms with Crippen molar-refractivity contribution in [3.8, 4) is 5.75 Å². The van der Waals surface area contributed by atoms with Gasteiger partial charge in [-0.3, -0.25) is 14.5 Å². The van der Waals surface area contributed by atoms with Gasteiger partial charge in [0.2, 0.25) is 0 Å². The number of benzene rings is 2. The molecule has 0 aromatic heterocycles. The summed E-state index contributed by atoms with van der Waals surface area (Å²) in [6, 6.07) is 14.4. The van der Waals surface area contributed by atoms with E-state index in [1.165, 1.54) is 4.90 Å². The normalized spacial score (nSPS) is 17.6. The maximum Gasteiger partial charge on any atom is 0.327 e. The number of carbonyl (C=O) groups excluding carboxylic acids is 3. The number of fused-ring (bicyclic) bond motifs is 1. The Hall–Kier alpha value is -3.35. The van der Waals surface area contributed by atoms with E-state index in [1.54, 1.807) is 17.0 Å². The molecule has 0 aliphatic carbocycles. The van der Waals surface area contributed by atoms with Gasteiger partial charge in [0.15, 0.2) is 5.78 Å². The number of amides is 3. The van der Waals surface area contributed by atoms with Crippen molar-refractivity contribution in [3.63, 3.8) is 0 Å².